The standard InChI is InChI=1S/C13H21NO2/c1-2-14-9-12-7-8-13(16-12)10-15-11-5-3-4-6-11/h7-8,11,14H,2-6,9-10H2,1H3. The number of hydrogen-bond donors (Lipinski definition) is 1. The number of rotatable bonds is 6. The average Bonchev–Trinajstić information content (AvgIpc) is 2.95. The molecule has 0 unspecified atom stereocenters. The number of furan rings is 1. The van der Waals surface area contributed by atoms with Crippen molar-refractivity contribution in [1.29, 1.82) is 0 Å². The third-order valence-corrected chi connectivity index (χ3v) is 3.03. The molecule has 90 valence electrons. The molecule has 1 N–H and O–H groups in total. The molecule has 0 radical (unpaired) electrons. The van der Waals surface area contributed by atoms with Crippen molar-refractivity contribution in [3.63, 3.8) is 0 Å². The van der Waals surface area contributed by atoms with Crippen LogP contribution in [0.4, 0.5) is 0 Å². The molecule has 1 saturated carbocycles. The first-order valence-corrected chi connectivity index (χ1v) is 6.28. The van der Waals surface area contributed by atoms with Gasteiger partial charge in [-0.1, -0.05) is 19.8 Å². The molecule has 1 aromatic heterocycles. The van der Waals surface area contributed by atoms with E-state index in [9.17, 15) is 0 Å². The lowest BCUT2D eigenvalue weighted by molar-refractivity contribution is 0.0352. The van der Waals surface area contributed by atoms with Gasteiger partial charge in [-0.2, -0.15) is 0 Å². The Morgan fingerprint density at radius 3 is 2.81 bits per heavy atom. The van der Waals surface area contributed by atoms with Gasteiger partial charge in [0.25, 0.3) is 0 Å². The van der Waals surface area contributed by atoms with Crippen LogP contribution in [0.3, 0.4) is 0 Å². The highest BCUT2D eigenvalue weighted by Gasteiger charge is 2.15. The first-order chi connectivity index (χ1) is 7.88. The quantitative estimate of drug-likeness (QED) is 0.805. The molecule has 0 aliphatic heterocycles. The number of nitrogens with one attached hydrogen (secondary N) is 1. The van der Waals surface area contributed by atoms with Crippen LogP contribution in [0.5, 0.6) is 0 Å². The van der Waals surface area contributed by atoms with Crippen LogP contribution in [0.2, 0.25) is 0 Å². The monoisotopic (exact) mass is 223 g/mol. The van der Waals surface area contributed by atoms with E-state index in [0.29, 0.717) is 12.7 Å². The lowest BCUT2D eigenvalue weighted by atomic mass is 10.3. The minimum atomic E-state index is 0.460. The van der Waals surface area contributed by atoms with Crippen LogP contribution in [-0.2, 0) is 17.9 Å². The lowest BCUT2D eigenvalue weighted by Gasteiger charge is -2.08. The molecule has 1 aliphatic carbocycles. The van der Waals surface area contributed by atoms with E-state index in [2.05, 4.69) is 12.2 Å². The number of hydrogen-bond acceptors (Lipinski definition) is 3. The topological polar surface area (TPSA) is 34.4 Å². The molecule has 0 amide bonds. The molecular formula is C13H21NO2. The summed E-state index contributed by atoms with van der Waals surface area (Å²) < 4.78 is 11.5. The highest BCUT2D eigenvalue weighted by atomic mass is 16.5. The summed E-state index contributed by atoms with van der Waals surface area (Å²) in [4.78, 5) is 0. The Morgan fingerprint density at radius 2 is 2.06 bits per heavy atom. The summed E-state index contributed by atoms with van der Waals surface area (Å²) in [6.07, 6.45) is 5.51. The van der Waals surface area contributed by atoms with Crippen molar-refractivity contribution in [3.05, 3.63) is 23.7 Å². The normalized spacial score (nSPS) is 17.1. The summed E-state index contributed by atoms with van der Waals surface area (Å²) >= 11 is 0. The maximum atomic E-state index is 5.79. The third-order valence-electron chi connectivity index (χ3n) is 3.03. The Labute approximate surface area is 97.2 Å². The zero-order valence-corrected chi connectivity index (χ0v) is 10.00. The van der Waals surface area contributed by atoms with Gasteiger partial charge in [0.15, 0.2) is 0 Å². The Hall–Kier alpha value is -0.800. The molecule has 2 rings (SSSR count). The summed E-state index contributed by atoms with van der Waals surface area (Å²) in [5.41, 5.74) is 0. The van der Waals surface area contributed by atoms with Crippen molar-refractivity contribution in [3.8, 4) is 0 Å². The SMILES string of the molecule is CCNCc1ccc(COC2CCCC2)o1. The molecular weight excluding hydrogens is 202 g/mol. The Kier molecular flexibility index (Phi) is 4.43. The first-order valence-electron chi connectivity index (χ1n) is 6.28. The van der Waals surface area contributed by atoms with E-state index in [1.54, 1.807) is 0 Å². The zero-order valence-electron chi connectivity index (χ0n) is 10.00. The Morgan fingerprint density at radius 1 is 1.31 bits per heavy atom. The Balaban J connectivity index is 1.73. The van der Waals surface area contributed by atoms with Gasteiger partial charge in [0.2, 0.25) is 0 Å². The van der Waals surface area contributed by atoms with Crippen molar-refractivity contribution in [2.45, 2.75) is 51.9 Å². The van der Waals surface area contributed by atoms with Gasteiger partial charge < -0.3 is 14.5 Å². The van der Waals surface area contributed by atoms with Crippen LogP contribution in [0.1, 0.15) is 44.1 Å². The van der Waals surface area contributed by atoms with Crippen molar-refractivity contribution < 1.29 is 9.15 Å². The van der Waals surface area contributed by atoms with Gasteiger partial charge in [-0.25, -0.2) is 0 Å². The van der Waals surface area contributed by atoms with Crippen LogP contribution in [0, 0.1) is 0 Å². The highest BCUT2D eigenvalue weighted by molar-refractivity contribution is 5.06. The smallest absolute Gasteiger partial charge is 0.129 e. The van der Waals surface area contributed by atoms with E-state index >= 15 is 0 Å². The predicted octanol–water partition coefficient (Wildman–Crippen LogP) is 2.85. The van der Waals surface area contributed by atoms with E-state index < -0.39 is 0 Å². The van der Waals surface area contributed by atoms with Gasteiger partial charge in [0.1, 0.15) is 18.1 Å². The molecule has 1 aliphatic rings. The molecule has 0 bridgehead atoms. The second kappa shape index (κ2) is 6.06. The van der Waals surface area contributed by atoms with Gasteiger partial charge in [0, 0.05) is 0 Å². The van der Waals surface area contributed by atoms with Crippen LogP contribution in [0.25, 0.3) is 0 Å². The average molecular weight is 223 g/mol. The molecule has 0 aromatic carbocycles. The van der Waals surface area contributed by atoms with Crippen LogP contribution >= 0.6 is 0 Å². The van der Waals surface area contributed by atoms with Gasteiger partial charge >= 0.3 is 0 Å². The summed E-state index contributed by atoms with van der Waals surface area (Å²) in [6.45, 7) is 4.48. The van der Waals surface area contributed by atoms with Crippen molar-refractivity contribution in [2.24, 2.45) is 0 Å². The van der Waals surface area contributed by atoms with Crippen molar-refractivity contribution in [1.82, 2.24) is 5.32 Å². The fourth-order valence-electron chi connectivity index (χ4n) is 2.10. The van der Waals surface area contributed by atoms with Gasteiger partial charge in [0.05, 0.1) is 12.6 Å². The molecule has 0 spiro atoms. The lowest BCUT2D eigenvalue weighted by Crippen LogP contribution is -2.10. The molecule has 0 saturated heterocycles. The Bertz CT molecular complexity index is 303. The third kappa shape index (κ3) is 3.35. The molecule has 3 heteroatoms. The van der Waals surface area contributed by atoms with E-state index in [0.717, 1.165) is 24.6 Å². The van der Waals surface area contributed by atoms with E-state index in [-0.39, 0.29) is 0 Å². The summed E-state index contributed by atoms with van der Waals surface area (Å²) in [7, 11) is 0. The summed E-state index contributed by atoms with van der Waals surface area (Å²) in [5.74, 6) is 1.94. The molecule has 16 heavy (non-hydrogen) atoms. The van der Waals surface area contributed by atoms with Crippen molar-refractivity contribution in [2.75, 3.05) is 6.54 Å². The fourth-order valence-corrected chi connectivity index (χ4v) is 2.10. The largest absolute Gasteiger partial charge is 0.462 e. The predicted molar refractivity (Wildman–Crippen MR) is 63.1 cm³/mol. The highest BCUT2D eigenvalue weighted by Crippen LogP contribution is 2.22. The summed E-state index contributed by atoms with van der Waals surface area (Å²) in [6, 6.07) is 4.04. The second-order valence-corrected chi connectivity index (χ2v) is 4.37. The van der Waals surface area contributed by atoms with E-state index in [1.165, 1.54) is 25.7 Å². The minimum absolute atomic E-state index is 0.460. The second-order valence-electron chi connectivity index (χ2n) is 4.37. The molecule has 0 atom stereocenters. The van der Waals surface area contributed by atoms with Crippen LogP contribution in [0.15, 0.2) is 16.5 Å². The maximum Gasteiger partial charge on any atom is 0.129 e. The van der Waals surface area contributed by atoms with E-state index in [4.69, 9.17) is 9.15 Å². The maximum absolute atomic E-state index is 5.79. The van der Waals surface area contributed by atoms with Crippen LogP contribution < -0.4 is 5.32 Å². The fraction of sp³-hybridized carbons (Fsp3) is 0.692. The van der Waals surface area contributed by atoms with Crippen molar-refractivity contribution >= 4 is 0 Å². The molecule has 1 fully saturated rings. The van der Waals surface area contributed by atoms with E-state index in [1.807, 2.05) is 12.1 Å². The number of ether oxygens (including phenoxy) is 1. The first kappa shape index (κ1) is 11.7. The van der Waals surface area contributed by atoms with Gasteiger partial charge in [-0.15, -0.1) is 0 Å². The summed E-state index contributed by atoms with van der Waals surface area (Å²) in [5, 5.41) is 3.24. The molecule has 1 heterocycles. The minimum Gasteiger partial charge on any atom is -0.462 e. The zero-order chi connectivity index (χ0) is 11.2. The molecule has 1 aromatic rings. The van der Waals surface area contributed by atoms with Gasteiger partial charge in [-0.3, -0.25) is 0 Å². The van der Waals surface area contributed by atoms with Crippen LogP contribution in [-0.4, -0.2) is 12.6 Å². The molecule has 3 nitrogen and oxygen atoms in total. The van der Waals surface area contributed by atoms with Gasteiger partial charge in [-0.05, 0) is 31.5 Å².